The van der Waals surface area contributed by atoms with Gasteiger partial charge in [-0.15, -0.1) is 23.1 Å². The van der Waals surface area contributed by atoms with Crippen molar-refractivity contribution < 1.29 is 4.79 Å². The highest BCUT2D eigenvalue weighted by atomic mass is 32.2. The Labute approximate surface area is 162 Å². The Balaban J connectivity index is 1.67. The molecule has 3 nitrogen and oxygen atoms in total. The number of hydrogen-bond donors (Lipinski definition) is 1. The zero-order valence-electron chi connectivity index (χ0n) is 15.2. The summed E-state index contributed by atoms with van der Waals surface area (Å²) in [4.78, 5) is 18.1. The Hall–Kier alpha value is -2.11. The summed E-state index contributed by atoms with van der Waals surface area (Å²) in [6.07, 6.45) is 1.02. The van der Waals surface area contributed by atoms with Gasteiger partial charge in [0.25, 0.3) is 5.91 Å². The molecular formula is C21H22N2OS2. The number of anilines is 1. The Morgan fingerprint density at radius 2 is 1.81 bits per heavy atom. The number of thiazole rings is 1. The summed E-state index contributed by atoms with van der Waals surface area (Å²) in [6.45, 7) is 6.45. The van der Waals surface area contributed by atoms with Crippen LogP contribution >= 0.6 is 23.1 Å². The van der Waals surface area contributed by atoms with Gasteiger partial charge in [-0.1, -0.05) is 45.0 Å². The van der Waals surface area contributed by atoms with Crippen LogP contribution in [0.2, 0.25) is 0 Å². The number of nitrogens with one attached hydrogen (secondary N) is 1. The van der Waals surface area contributed by atoms with Crippen LogP contribution in [-0.4, -0.2) is 16.1 Å². The smallest absolute Gasteiger partial charge is 0.257 e. The molecule has 0 atom stereocenters. The molecule has 134 valence electrons. The molecule has 0 radical (unpaired) electrons. The van der Waals surface area contributed by atoms with E-state index < -0.39 is 0 Å². The van der Waals surface area contributed by atoms with E-state index in [1.54, 1.807) is 11.8 Å². The molecule has 0 spiro atoms. The lowest BCUT2D eigenvalue weighted by Crippen LogP contribution is -2.11. The van der Waals surface area contributed by atoms with Crippen molar-refractivity contribution in [1.29, 1.82) is 0 Å². The van der Waals surface area contributed by atoms with E-state index in [1.165, 1.54) is 21.8 Å². The number of aromatic nitrogens is 1. The Morgan fingerprint density at radius 3 is 2.42 bits per heavy atom. The topological polar surface area (TPSA) is 42.0 Å². The van der Waals surface area contributed by atoms with E-state index in [0.717, 1.165) is 17.7 Å². The highest BCUT2D eigenvalue weighted by Gasteiger charge is 2.10. The summed E-state index contributed by atoms with van der Waals surface area (Å²) in [7, 11) is 0. The van der Waals surface area contributed by atoms with E-state index in [1.807, 2.05) is 29.6 Å². The summed E-state index contributed by atoms with van der Waals surface area (Å²) in [6, 6.07) is 16.1. The summed E-state index contributed by atoms with van der Waals surface area (Å²) < 4.78 is 0. The van der Waals surface area contributed by atoms with Crippen LogP contribution in [0.3, 0.4) is 0 Å². The van der Waals surface area contributed by atoms with Gasteiger partial charge in [0.15, 0.2) is 5.13 Å². The Bertz CT molecular complexity index is 868. The maximum Gasteiger partial charge on any atom is 0.257 e. The summed E-state index contributed by atoms with van der Waals surface area (Å²) >= 11 is 3.23. The lowest BCUT2D eigenvalue weighted by atomic mass is 10.1. The van der Waals surface area contributed by atoms with Crippen LogP contribution in [0.5, 0.6) is 0 Å². The number of carbonyl (C=O) groups excluding carboxylic acids is 1. The molecule has 0 bridgehead atoms. The number of hydrogen-bond acceptors (Lipinski definition) is 4. The second kappa shape index (κ2) is 8.52. The molecular weight excluding hydrogens is 360 g/mol. The molecule has 0 saturated heterocycles. The SMILES string of the molecule is CCc1ccc(-c2csc(NC(=O)c3ccc(SC(C)C)cc3)n2)cc1. The van der Waals surface area contributed by atoms with Crippen LogP contribution in [0.25, 0.3) is 11.3 Å². The van der Waals surface area contributed by atoms with Gasteiger partial charge in [-0.25, -0.2) is 4.98 Å². The van der Waals surface area contributed by atoms with Gasteiger partial charge < -0.3 is 0 Å². The fraction of sp³-hybridized carbons (Fsp3) is 0.238. The lowest BCUT2D eigenvalue weighted by Gasteiger charge is -2.06. The molecule has 1 heterocycles. The Kier molecular flexibility index (Phi) is 6.12. The van der Waals surface area contributed by atoms with Crippen LogP contribution in [0.4, 0.5) is 5.13 Å². The molecule has 26 heavy (non-hydrogen) atoms. The number of benzene rings is 2. The minimum atomic E-state index is -0.131. The monoisotopic (exact) mass is 382 g/mol. The van der Waals surface area contributed by atoms with Gasteiger partial charge in [-0.2, -0.15) is 0 Å². The first kappa shape index (κ1) is 18.7. The average Bonchev–Trinajstić information content (AvgIpc) is 3.10. The van der Waals surface area contributed by atoms with Crippen molar-refractivity contribution in [2.45, 2.75) is 37.3 Å². The first-order valence-corrected chi connectivity index (χ1v) is 10.4. The normalized spacial score (nSPS) is 10.9. The maximum absolute atomic E-state index is 12.4. The van der Waals surface area contributed by atoms with Crippen molar-refractivity contribution in [3.63, 3.8) is 0 Å². The number of thioether (sulfide) groups is 1. The lowest BCUT2D eigenvalue weighted by molar-refractivity contribution is 0.102. The first-order chi connectivity index (χ1) is 12.5. The number of carbonyl (C=O) groups is 1. The summed E-state index contributed by atoms with van der Waals surface area (Å²) in [5.74, 6) is -0.131. The second-order valence-corrected chi connectivity index (χ2v) is 8.74. The molecule has 3 rings (SSSR count). The van der Waals surface area contributed by atoms with Crippen molar-refractivity contribution in [2.24, 2.45) is 0 Å². The molecule has 5 heteroatoms. The minimum Gasteiger partial charge on any atom is -0.298 e. The molecule has 0 aliphatic heterocycles. The molecule has 0 fully saturated rings. The van der Waals surface area contributed by atoms with E-state index in [0.29, 0.717) is 15.9 Å². The van der Waals surface area contributed by atoms with E-state index in [9.17, 15) is 4.79 Å². The van der Waals surface area contributed by atoms with Crippen molar-refractivity contribution in [3.05, 3.63) is 65.0 Å². The van der Waals surface area contributed by atoms with Crippen LogP contribution in [0.1, 0.15) is 36.7 Å². The predicted octanol–water partition coefficient (Wildman–Crippen LogP) is 6.13. The van der Waals surface area contributed by atoms with Crippen molar-refractivity contribution >= 4 is 34.1 Å². The van der Waals surface area contributed by atoms with E-state index in [2.05, 4.69) is 55.3 Å². The Morgan fingerprint density at radius 1 is 1.12 bits per heavy atom. The highest BCUT2D eigenvalue weighted by Crippen LogP contribution is 2.26. The van der Waals surface area contributed by atoms with Crippen LogP contribution < -0.4 is 5.32 Å². The summed E-state index contributed by atoms with van der Waals surface area (Å²) in [5.41, 5.74) is 3.89. The van der Waals surface area contributed by atoms with Crippen molar-refractivity contribution in [2.75, 3.05) is 5.32 Å². The molecule has 3 aromatic rings. The third-order valence-corrected chi connectivity index (χ3v) is 5.64. The van der Waals surface area contributed by atoms with E-state index in [4.69, 9.17) is 0 Å². The van der Waals surface area contributed by atoms with Gasteiger partial charge >= 0.3 is 0 Å². The molecule has 1 amide bonds. The minimum absolute atomic E-state index is 0.131. The molecule has 1 aromatic heterocycles. The zero-order chi connectivity index (χ0) is 18.5. The zero-order valence-corrected chi connectivity index (χ0v) is 16.8. The molecule has 1 N–H and O–H groups in total. The van der Waals surface area contributed by atoms with Gasteiger partial charge in [-0.05, 0) is 36.2 Å². The van der Waals surface area contributed by atoms with Crippen LogP contribution in [0.15, 0.2) is 58.8 Å². The standard InChI is InChI=1S/C21H22N2OS2/c1-4-15-5-7-16(8-6-15)19-13-25-21(22-19)23-20(24)17-9-11-18(12-10-17)26-14(2)3/h5-14H,4H2,1-3H3,(H,22,23,24). The number of amides is 1. The van der Waals surface area contributed by atoms with Gasteiger partial charge in [-0.3, -0.25) is 10.1 Å². The van der Waals surface area contributed by atoms with E-state index in [-0.39, 0.29) is 5.91 Å². The number of aryl methyl sites for hydroxylation is 1. The van der Waals surface area contributed by atoms with Crippen LogP contribution in [0, 0.1) is 0 Å². The third kappa shape index (κ3) is 4.74. The molecule has 0 saturated carbocycles. The molecule has 2 aromatic carbocycles. The number of nitrogens with zero attached hydrogens (tertiary/aromatic N) is 1. The highest BCUT2D eigenvalue weighted by molar-refractivity contribution is 7.99. The van der Waals surface area contributed by atoms with Crippen LogP contribution in [-0.2, 0) is 6.42 Å². The molecule has 0 aliphatic carbocycles. The third-order valence-electron chi connectivity index (χ3n) is 3.87. The van der Waals surface area contributed by atoms with E-state index >= 15 is 0 Å². The fourth-order valence-corrected chi connectivity index (χ4v) is 4.05. The first-order valence-electron chi connectivity index (χ1n) is 8.68. The molecule has 0 aliphatic rings. The maximum atomic E-state index is 12.4. The quantitative estimate of drug-likeness (QED) is 0.522. The van der Waals surface area contributed by atoms with Crippen molar-refractivity contribution in [3.8, 4) is 11.3 Å². The second-order valence-electron chi connectivity index (χ2n) is 6.23. The fourth-order valence-electron chi connectivity index (χ4n) is 2.50. The van der Waals surface area contributed by atoms with Gasteiger partial charge in [0.1, 0.15) is 0 Å². The largest absolute Gasteiger partial charge is 0.298 e. The van der Waals surface area contributed by atoms with Gasteiger partial charge in [0.2, 0.25) is 0 Å². The molecule has 0 unspecified atom stereocenters. The van der Waals surface area contributed by atoms with Crippen molar-refractivity contribution in [1.82, 2.24) is 4.98 Å². The summed E-state index contributed by atoms with van der Waals surface area (Å²) in [5, 5.41) is 6.00. The number of rotatable bonds is 6. The van der Waals surface area contributed by atoms with Gasteiger partial charge in [0, 0.05) is 26.7 Å². The van der Waals surface area contributed by atoms with Gasteiger partial charge in [0.05, 0.1) is 5.69 Å². The predicted molar refractivity (Wildman–Crippen MR) is 112 cm³/mol. The average molecular weight is 383 g/mol.